The number of aromatic nitrogens is 3. The molecular weight excluding hydrogens is 376 g/mol. The van der Waals surface area contributed by atoms with Gasteiger partial charge in [-0.15, -0.1) is 0 Å². The second kappa shape index (κ2) is 8.46. The highest BCUT2D eigenvalue weighted by Gasteiger charge is 2.28. The Morgan fingerprint density at radius 3 is 2.87 bits per heavy atom. The highest BCUT2D eigenvalue weighted by molar-refractivity contribution is 5.77. The molecule has 0 bridgehead atoms. The third kappa shape index (κ3) is 4.04. The van der Waals surface area contributed by atoms with Crippen LogP contribution in [0.5, 0.6) is 5.75 Å². The number of nitrogens with zero attached hydrogens (tertiary/aromatic N) is 4. The van der Waals surface area contributed by atoms with Crippen molar-refractivity contribution < 1.29 is 9.53 Å². The minimum absolute atomic E-state index is 0.232. The first-order valence-corrected chi connectivity index (χ1v) is 10.7. The van der Waals surface area contributed by atoms with Gasteiger partial charge in [0.15, 0.2) is 5.65 Å². The number of methoxy groups -OCH3 is 1. The fraction of sp³-hybridized carbons (Fsp3) is 0.458. The average Bonchev–Trinajstić information content (AvgIpc) is 3.33. The van der Waals surface area contributed by atoms with Crippen LogP contribution in [0.25, 0.3) is 5.65 Å². The van der Waals surface area contributed by atoms with Gasteiger partial charge in [-0.1, -0.05) is 12.1 Å². The number of ether oxygens (including phenoxy) is 1. The van der Waals surface area contributed by atoms with Crippen molar-refractivity contribution in [1.29, 1.82) is 0 Å². The fourth-order valence-corrected chi connectivity index (χ4v) is 4.63. The van der Waals surface area contributed by atoms with Gasteiger partial charge in [-0.25, -0.2) is 9.50 Å². The molecule has 1 atom stereocenters. The lowest BCUT2D eigenvalue weighted by atomic mass is 10.0. The van der Waals surface area contributed by atoms with Crippen molar-refractivity contribution in [3.8, 4) is 5.75 Å². The molecule has 3 aromatic rings. The summed E-state index contributed by atoms with van der Waals surface area (Å²) < 4.78 is 7.23. The van der Waals surface area contributed by atoms with E-state index >= 15 is 0 Å². The van der Waals surface area contributed by atoms with Crippen molar-refractivity contribution in [3.05, 3.63) is 58.5 Å². The van der Waals surface area contributed by atoms with Crippen molar-refractivity contribution in [2.45, 2.75) is 58.9 Å². The van der Waals surface area contributed by atoms with Gasteiger partial charge in [0.2, 0.25) is 5.91 Å². The molecule has 4 rings (SSSR count). The maximum absolute atomic E-state index is 13.1. The Bertz CT molecular complexity index is 1070. The summed E-state index contributed by atoms with van der Waals surface area (Å²) >= 11 is 0. The molecule has 1 aliphatic rings. The van der Waals surface area contributed by atoms with Crippen molar-refractivity contribution >= 4 is 11.6 Å². The molecule has 3 heterocycles. The van der Waals surface area contributed by atoms with E-state index in [1.165, 1.54) is 5.56 Å². The fourth-order valence-electron chi connectivity index (χ4n) is 4.63. The Hall–Kier alpha value is -2.89. The van der Waals surface area contributed by atoms with Crippen molar-refractivity contribution in [1.82, 2.24) is 19.5 Å². The van der Waals surface area contributed by atoms with E-state index in [2.05, 4.69) is 34.0 Å². The van der Waals surface area contributed by atoms with E-state index in [0.717, 1.165) is 59.8 Å². The van der Waals surface area contributed by atoms with Crippen molar-refractivity contribution in [3.63, 3.8) is 0 Å². The van der Waals surface area contributed by atoms with E-state index in [9.17, 15) is 4.79 Å². The highest BCUT2D eigenvalue weighted by Crippen LogP contribution is 2.25. The third-order valence-corrected chi connectivity index (χ3v) is 6.18. The van der Waals surface area contributed by atoms with Gasteiger partial charge < -0.3 is 9.64 Å². The molecule has 1 saturated heterocycles. The number of amides is 1. The number of aryl methyl sites for hydroxylation is 3. The molecule has 0 spiro atoms. The molecule has 0 radical (unpaired) electrons. The zero-order valence-electron chi connectivity index (χ0n) is 18.3. The second-order valence-electron chi connectivity index (χ2n) is 8.26. The molecule has 1 unspecified atom stereocenters. The summed E-state index contributed by atoms with van der Waals surface area (Å²) in [6, 6.07) is 10.4. The van der Waals surface area contributed by atoms with Crippen LogP contribution in [0.15, 0.2) is 30.3 Å². The predicted octanol–water partition coefficient (Wildman–Crippen LogP) is 3.83. The lowest BCUT2D eigenvalue weighted by molar-refractivity contribution is -0.131. The minimum Gasteiger partial charge on any atom is -0.497 e. The Labute approximate surface area is 177 Å². The van der Waals surface area contributed by atoms with Gasteiger partial charge in [0.25, 0.3) is 0 Å². The molecule has 0 saturated carbocycles. The number of benzene rings is 1. The number of carbonyl (C=O) groups excluding carboxylic acids is 1. The van der Waals surface area contributed by atoms with Crippen LogP contribution in [0.3, 0.4) is 0 Å². The molecule has 1 amide bonds. The molecule has 158 valence electrons. The molecule has 30 heavy (non-hydrogen) atoms. The Balaban J connectivity index is 1.45. The molecule has 1 fully saturated rings. The van der Waals surface area contributed by atoms with Gasteiger partial charge in [-0.3, -0.25) is 4.79 Å². The monoisotopic (exact) mass is 406 g/mol. The molecule has 2 aromatic heterocycles. The molecule has 6 nitrogen and oxygen atoms in total. The van der Waals surface area contributed by atoms with Gasteiger partial charge in [-0.05, 0) is 69.7 Å². The Morgan fingerprint density at radius 1 is 1.23 bits per heavy atom. The molecule has 6 heteroatoms. The van der Waals surface area contributed by atoms with Crippen LogP contribution < -0.4 is 4.74 Å². The van der Waals surface area contributed by atoms with E-state index in [1.807, 2.05) is 36.6 Å². The van der Waals surface area contributed by atoms with E-state index in [1.54, 1.807) is 7.11 Å². The summed E-state index contributed by atoms with van der Waals surface area (Å²) in [6.45, 7) is 6.91. The maximum Gasteiger partial charge on any atom is 0.223 e. The molecule has 1 aromatic carbocycles. The SMILES string of the molecule is COc1cccc(CC2CCCN2C(=O)CCc2c(C)nc3cc(C)nn3c2C)c1. The third-order valence-electron chi connectivity index (χ3n) is 6.18. The summed E-state index contributed by atoms with van der Waals surface area (Å²) in [7, 11) is 1.69. The lowest BCUT2D eigenvalue weighted by Crippen LogP contribution is -2.37. The summed E-state index contributed by atoms with van der Waals surface area (Å²) in [5, 5.41) is 4.54. The first-order valence-electron chi connectivity index (χ1n) is 10.7. The topological polar surface area (TPSA) is 59.7 Å². The molecule has 1 aliphatic heterocycles. The summed E-state index contributed by atoms with van der Waals surface area (Å²) in [5.41, 5.74) is 6.23. The zero-order chi connectivity index (χ0) is 21.3. The second-order valence-corrected chi connectivity index (χ2v) is 8.26. The largest absolute Gasteiger partial charge is 0.497 e. The lowest BCUT2D eigenvalue weighted by Gasteiger charge is -2.25. The molecule has 0 N–H and O–H groups in total. The number of carbonyl (C=O) groups is 1. The number of hydrogen-bond donors (Lipinski definition) is 0. The highest BCUT2D eigenvalue weighted by atomic mass is 16.5. The standard InChI is InChI=1S/C24H30N4O2/c1-16-13-23-25-17(2)22(18(3)28(23)26-16)10-11-24(29)27-12-6-8-20(27)14-19-7-5-9-21(15-19)30-4/h5,7,9,13,15,20H,6,8,10-12,14H2,1-4H3. The van der Waals surface area contributed by atoms with Crippen LogP contribution in [0, 0.1) is 20.8 Å². The van der Waals surface area contributed by atoms with Gasteiger partial charge in [0.05, 0.1) is 12.8 Å². The maximum atomic E-state index is 13.1. The van der Waals surface area contributed by atoms with E-state index in [-0.39, 0.29) is 11.9 Å². The van der Waals surface area contributed by atoms with E-state index in [0.29, 0.717) is 12.8 Å². The smallest absolute Gasteiger partial charge is 0.223 e. The van der Waals surface area contributed by atoms with E-state index in [4.69, 9.17) is 4.74 Å². The predicted molar refractivity (Wildman–Crippen MR) is 117 cm³/mol. The summed E-state index contributed by atoms with van der Waals surface area (Å²) in [5.74, 6) is 1.10. The van der Waals surface area contributed by atoms with Gasteiger partial charge in [0, 0.05) is 36.5 Å². The van der Waals surface area contributed by atoms with Gasteiger partial charge in [-0.2, -0.15) is 5.10 Å². The normalized spacial score (nSPS) is 16.4. The van der Waals surface area contributed by atoms with Crippen LogP contribution >= 0.6 is 0 Å². The molecule has 0 aliphatic carbocycles. The average molecular weight is 407 g/mol. The number of fused-ring (bicyclic) bond motifs is 1. The van der Waals surface area contributed by atoms with Crippen LogP contribution in [0.2, 0.25) is 0 Å². The summed E-state index contributed by atoms with van der Waals surface area (Å²) in [6.07, 6.45) is 4.20. The molecular formula is C24H30N4O2. The quantitative estimate of drug-likeness (QED) is 0.624. The van der Waals surface area contributed by atoms with Gasteiger partial charge >= 0.3 is 0 Å². The van der Waals surface area contributed by atoms with Crippen molar-refractivity contribution in [2.75, 3.05) is 13.7 Å². The first kappa shape index (κ1) is 20.4. The summed E-state index contributed by atoms with van der Waals surface area (Å²) in [4.78, 5) is 19.9. The number of hydrogen-bond acceptors (Lipinski definition) is 4. The van der Waals surface area contributed by atoms with Crippen LogP contribution in [-0.2, 0) is 17.6 Å². The zero-order valence-corrected chi connectivity index (χ0v) is 18.3. The first-order chi connectivity index (χ1) is 14.5. The van der Waals surface area contributed by atoms with Crippen molar-refractivity contribution in [2.24, 2.45) is 0 Å². The Kier molecular flexibility index (Phi) is 5.75. The van der Waals surface area contributed by atoms with Crippen LogP contribution in [0.4, 0.5) is 0 Å². The van der Waals surface area contributed by atoms with Crippen LogP contribution in [-0.4, -0.2) is 45.1 Å². The Morgan fingerprint density at radius 2 is 2.07 bits per heavy atom. The van der Waals surface area contributed by atoms with Crippen LogP contribution in [0.1, 0.15) is 47.5 Å². The van der Waals surface area contributed by atoms with Gasteiger partial charge in [0.1, 0.15) is 5.75 Å². The number of likely N-dealkylation sites (tertiary alicyclic amines) is 1. The minimum atomic E-state index is 0.232. The number of rotatable bonds is 6. The van der Waals surface area contributed by atoms with E-state index < -0.39 is 0 Å².